The summed E-state index contributed by atoms with van der Waals surface area (Å²) < 4.78 is 7.28. The van der Waals surface area contributed by atoms with Crippen molar-refractivity contribution in [3.05, 3.63) is 88.7 Å². The van der Waals surface area contributed by atoms with Gasteiger partial charge in [-0.1, -0.05) is 62.4 Å². The number of rotatable bonds is 3. The summed E-state index contributed by atoms with van der Waals surface area (Å²) in [5.74, 6) is -0.473. The van der Waals surface area contributed by atoms with Crippen molar-refractivity contribution in [1.29, 1.82) is 0 Å². The Morgan fingerprint density at radius 3 is 2.48 bits per heavy atom. The molecule has 0 fully saturated rings. The van der Waals surface area contributed by atoms with Crippen LogP contribution >= 0.6 is 22.7 Å². The quantitative estimate of drug-likeness (QED) is 0.569. The monoisotopic (exact) mass is 452 g/mol. The molecule has 0 unspecified atom stereocenters. The molecule has 1 aliphatic rings. The van der Waals surface area contributed by atoms with Crippen LogP contribution in [-0.2, 0) is 14.9 Å². The zero-order valence-electron chi connectivity index (χ0n) is 18.1. The van der Waals surface area contributed by atoms with Crippen LogP contribution in [0.5, 0.6) is 0 Å². The van der Waals surface area contributed by atoms with Crippen LogP contribution in [0.1, 0.15) is 49.7 Å². The number of allylic oxidation sites excluding steroid dienone is 1. The molecule has 3 heterocycles. The lowest BCUT2D eigenvalue weighted by Gasteiger charge is -2.25. The smallest absolute Gasteiger partial charge is 0.338 e. The van der Waals surface area contributed by atoms with Gasteiger partial charge in [-0.3, -0.25) is 9.36 Å². The maximum atomic E-state index is 13.4. The zero-order chi connectivity index (χ0) is 22.3. The molecule has 1 aromatic carbocycles. The molecule has 0 aliphatic carbocycles. The molecule has 160 valence electrons. The Morgan fingerprint density at radius 1 is 1.19 bits per heavy atom. The van der Waals surface area contributed by atoms with E-state index in [1.54, 1.807) is 22.8 Å². The predicted molar refractivity (Wildman–Crippen MR) is 125 cm³/mol. The first-order valence-electron chi connectivity index (χ1n) is 9.95. The lowest BCUT2D eigenvalue weighted by Crippen LogP contribution is -2.39. The molecule has 0 saturated heterocycles. The number of benzene rings is 1. The third kappa shape index (κ3) is 3.95. The number of aromatic nitrogens is 1. The number of thiazole rings is 1. The van der Waals surface area contributed by atoms with E-state index in [0.29, 0.717) is 20.6 Å². The van der Waals surface area contributed by atoms with E-state index >= 15 is 0 Å². The van der Waals surface area contributed by atoms with Gasteiger partial charge in [-0.25, -0.2) is 9.79 Å². The van der Waals surface area contributed by atoms with Crippen molar-refractivity contribution in [3.8, 4) is 0 Å². The lowest BCUT2D eigenvalue weighted by molar-refractivity contribution is -0.136. The van der Waals surface area contributed by atoms with E-state index in [4.69, 9.17) is 4.74 Å². The van der Waals surface area contributed by atoms with Crippen molar-refractivity contribution >= 4 is 34.7 Å². The predicted octanol–water partition coefficient (Wildman–Crippen LogP) is 3.77. The summed E-state index contributed by atoms with van der Waals surface area (Å²) in [5, 5.41) is 1.97. The summed E-state index contributed by atoms with van der Waals surface area (Å²) in [6, 6.07) is 11.4. The fourth-order valence-electron chi connectivity index (χ4n) is 3.68. The van der Waals surface area contributed by atoms with E-state index in [9.17, 15) is 9.59 Å². The molecule has 31 heavy (non-hydrogen) atoms. The first kappa shape index (κ1) is 21.5. The first-order chi connectivity index (χ1) is 14.7. The highest BCUT2D eigenvalue weighted by molar-refractivity contribution is 7.11. The molecule has 2 aromatic heterocycles. The standard InChI is InChI=1S/C24H24N2O3S2/c1-14-19(22(28)29-5)20(15-8-10-16(11-9-15)24(2,3)4)26-21(27)18(31-23(26)25-14)13-17-7-6-12-30-17/h6-13,20H,1-5H3/b18-13+/t20-/m1/s1. The molecule has 0 radical (unpaired) electrons. The molecule has 1 atom stereocenters. The van der Waals surface area contributed by atoms with E-state index < -0.39 is 12.0 Å². The Balaban J connectivity index is 1.95. The van der Waals surface area contributed by atoms with Crippen molar-refractivity contribution in [2.24, 2.45) is 4.99 Å². The number of carbonyl (C=O) groups is 1. The molecule has 3 aromatic rings. The van der Waals surface area contributed by atoms with Gasteiger partial charge in [-0.15, -0.1) is 11.3 Å². The number of esters is 1. The molecule has 5 nitrogen and oxygen atoms in total. The van der Waals surface area contributed by atoms with Gasteiger partial charge < -0.3 is 4.74 Å². The van der Waals surface area contributed by atoms with Gasteiger partial charge in [0.2, 0.25) is 0 Å². The van der Waals surface area contributed by atoms with Crippen LogP contribution in [0.3, 0.4) is 0 Å². The number of hydrogen-bond donors (Lipinski definition) is 0. The fraction of sp³-hybridized carbons (Fsp3) is 0.292. The second-order valence-corrected chi connectivity index (χ2v) is 10.4. The lowest BCUT2D eigenvalue weighted by atomic mass is 9.85. The Kier molecular flexibility index (Phi) is 5.58. The molecule has 0 spiro atoms. The molecule has 0 saturated carbocycles. The van der Waals surface area contributed by atoms with Crippen molar-refractivity contribution in [2.75, 3.05) is 7.11 Å². The van der Waals surface area contributed by atoms with Crippen LogP contribution in [-0.4, -0.2) is 17.6 Å². The van der Waals surface area contributed by atoms with Crippen molar-refractivity contribution in [3.63, 3.8) is 0 Å². The topological polar surface area (TPSA) is 60.7 Å². The second-order valence-electron chi connectivity index (χ2n) is 8.46. The molecule has 7 heteroatoms. The Morgan fingerprint density at radius 2 is 1.90 bits per heavy atom. The summed E-state index contributed by atoms with van der Waals surface area (Å²) in [7, 11) is 1.35. The molecule has 4 rings (SSSR count). The fourth-order valence-corrected chi connectivity index (χ4v) is 5.45. The minimum absolute atomic E-state index is 0.00454. The van der Waals surface area contributed by atoms with E-state index in [2.05, 4.69) is 37.9 Å². The molecular formula is C24H24N2O3S2. The number of hydrogen-bond acceptors (Lipinski definition) is 6. The van der Waals surface area contributed by atoms with Gasteiger partial charge in [0, 0.05) is 4.88 Å². The maximum Gasteiger partial charge on any atom is 0.338 e. The second kappa shape index (κ2) is 8.05. The van der Waals surface area contributed by atoms with Crippen LogP contribution < -0.4 is 14.9 Å². The number of fused-ring (bicyclic) bond motifs is 1. The average Bonchev–Trinajstić information content (AvgIpc) is 3.34. The molecular weight excluding hydrogens is 428 g/mol. The number of nitrogens with zero attached hydrogens (tertiary/aromatic N) is 2. The van der Waals surface area contributed by atoms with Crippen LogP contribution in [0.25, 0.3) is 6.08 Å². The van der Waals surface area contributed by atoms with Crippen LogP contribution in [0.2, 0.25) is 0 Å². The van der Waals surface area contributed by atoms with Gasteiger partial charge in [0.05, 0.1) is 29.0 Å². The molecule has 0 amide bonds. The van der Waals surface area contributed by atoms with Gasteiger partial charge >= 0.3 is 5.97 Å². The third-order valence-corrected chi connectivity index (χ3v) is 7.14. The van der Waals surface area contributed by atoms with E-state index in [-0.39, 0.29) is 11.0 Å². The van der Waals surface area contributed by atoms with Gasteiger partial charge in [-0.05, 0) is 41.0 Å². The van der Waals surface area contributed by atoms with Gasteiger partial charge in [0.25, 0.3) is 5.56 Å². The highest BCUT2D eigenvalue weighted by Gasteiger charge is 2.33. The summed E-state index contributed by atoms with van der Waals surface area (Å²) in [5.41, 5.74) is 2.84. The Hall–Kier alpha value is -2.77. The van der Waals surface area contributed by atoms with Gasteiger partial charge in [-0.2, -0.15) is 0 Å². The highest BCUT2D eigenvalue weighted by Crippen LogP contribution is 2.32. The normalized spacial score (nSPS) is 16.8. The summed E-state index contributed by atoms with van der Waals surface area (Å²) >= 11 is 2.91. The van der Waals surface area contributed by atoms with Crippen molar-refractivity contribution < 1.29 is 9.53 Å². The Bertz CT molecular complexity index is 1340. The molecule has 1 aliphatic heterocycles. The zero-order valence-corrected chi connectivity index (χ0v) is 19.8. The number of carbonyl (C=O) groups excluding carboxylic acids is 1. The SMILES string of the molecule is COC(=O)C1=C(C)N=c2s/c(=C/c3cccs3)c(=O)n2[C@@H]1c1ccc(C(C)(C)C)cc1. The first-order valence-corrected chi connectivity index (χ1v) is 11.6. The van der Waals surface area contributed by atoms with E-state index in [1.165, 1.54) is 24.0 Å². The summed E-state index contributed by atoms with van der Waals surface area (Å²) in [4.78, 5) is 32.3. The van der Waals surface area contributed by atoms with Crippen molar-refractivity contribution in [1.82, 2.24) is 4.57 Å². The average molecular weight is 453 g/mol. The Labute approximate surface area is 188 Å². The summed E-state index contributed by atoms with van der Waals surface area (Å²) in [6.45, 7) is 8.25. The number of methoxy groups -OCH3 is 1. The maximum absolute atomic E-state index is 13.4. The highest BCUT2D eigenvalue weighted by atomic mass is 32.1. The van der Waals surface area contributed by atoms with Crippen molar-refractivity contribution in [2.45, 2.75) is 39.2 Å². The minimum atomic E-state index is -0.580. The summed E-state index contributed by atoms with van der Waals surface area (Å²) in [6.07, 6.45) is 1.88. The van der Waals surface area contributed by atoms with Gasteiger partial charge in [0.1, 0.15) is 0 Å². The van der Waals surface area contributed by atoms with E-state index in [1.807, 2.05) is 35.7 Å². The molecule has 0 bridgehead atoms. The number of ether oxygens (including phenoxy) is 1. The third-order valence-electron chi connectivity index (χ3n) is 5.34. The number of thiophene rings is 1. The largest absolute Gasteiger partial charge is 0.466 e. The molecule has 0 N–H and O–H groups in total. The van der Waals surface area contributed by atoms with Gasteiger partial charge in [0.15, 0.2) is 4.80 Å². The van der Waals surface area contributed by atoms with Crippen LogP contribution in [0, 0.1) is 0 Å². The minimum Gasteiger partial charge on any atom is -0.466 e. The van der Waals surface area contributed by atoms with Crippen LogP contribution in [0.15, 0.2) is 62.8 Å². The van der Waals surface area contributed by atoms with E-state index in [0.717, 1.165) is 10.4 Å². The van der Waals surface area contributed by atoms with Crippen LogP contribution in [0.4, 0.5) is 0 Å².